The van der Waals surface area contributed by atoms with Gasteiger partial charge in [-0.15, -0.1) is 0 Å². The lowest BCUT2D eigenvalue weighted by Crippen LogP contribution is -2.32. The van der Waals surface area contributed by atoms with Gasteiger partial charge in [-0.3, -0.25) is 4.79 Å². The molecule has 1 heterocycles. The highest BCUT2D eigenvalue weighted by molar-refractivity contribution is 5.74. The summed E-state index contributed by atoms with van der Waals surface area (Å²) in [5.41, 5.74) is -0.835. The van der Waals surface area contributed by atoms with Crippen molar-refractivity contribution in [1.82, 2.24) is 10.1 Å². The van der Waals surface area contributed by atoms with E-state index in [1.54, 1.807) is 7.11 Å². The Kier molecular flexibility index (Phi) is 5.47. The number of nitrogens with zero attached hydrogens (tertiary/aromatic N) is 2. The molecule has 0 saturated heterocycles. The first-order valence-electron chi connectivity index (χ1n) is 6.61. The minimum absolute atomic E-state index is 0.208. The molecular weight excluding hydrogens is 248 g/mol. The van der Waals surface area contributed by atoms with Crippen molar-refractivity contribution >= 4 is 5.97 Å². The molecule has 1 atom stereocenters. The van der Waals surface area contributed by atoms with E-state index in [-0.39, 0.29) is 12.5 Å². The van der Waals surface area contributed by atoms with Crippen LogP contribution in [0.4, 0.5) is 0 Å². The van der Waals surface area contributed by atoms with E-state index in [0.717, 1.165) is 6.42 Å². The molecule has 0 aliphatic rings. The molecule has 1 aromatic heterocycles. The zero-order chi connectivity index (χ0) is 14.5. The second-order valence-electron chi connectivity index (χ2n) is 4.65. The van der Waals surface area contributed by atoms with Gasteiger partial charge in [0, 0.05) is 13.5 Å². The number of aliphatic carboxylic acids is 1. The molecule has 0 saturated carbocycles. The van der Waals surface area contributed by atoms with Gasteiger partial charge in [0.05, 0.1) is 5.41 Å². The zero-order valence-corrected chi connectivity index (χ0v) is 12.0. The number of rotatable bonds is 8. The molecule has 0 fully saturated rings. The van der Waals surface area contributed by atoms with E-state index in [0.29, 0.717) is 24.6 Å². The van der Waals surface area contributed by atoms with Crippen molar-refractivity contribution in [3.8, 4) is 0 Å². The Balaban J connectivity index is 2.90. The van der Waals surface area contributed by atoms with Crippen molar-refractivity contribution in [1.29, 1.82) is 0 Å². The quantitative estimate of drug-likeness (QED) is 0.781. The maximum absolute atomic E-state index is 11.4. The van der Waals surface area contributed by atoms with Gasteiger partial charge in [0.25, 0.3) is 0 Å². The van der Waals surface area contributed by atoms with Crippen LogP contribution in [-0.2, 0) is 16.0 Å². The maximum Gasteiger partial charge on any atom is 0.310 e. The molecule has 6 nitrogen and oxygen atoms in total. The van der Waals surface area contributed by atoms with Crippen molar-refractivity contribution in [2.45, 2.75) is 52.6 Å². The Morgan fingerprint density at radius 3 is 2.47 bits per heavy atom. The van der Waals surface area contributed by atoms with Gasteiger partial charge in [0.1, 0.15) is 6.10 Å². The number of methoxy groups -OCH3 is 1. The summed E-state index contributed by atoms with van der Waals surface area (Å²) in [5.74, 6) is 0.0131. The molecule has 6 heteroatoms. The third-order valence-electron chi connectivity index (χ3n) is 3.72. The summed E-state index contributed by atoms with van der Waals surface area (Å²) < 4.78 is 10.4. The highest BCUT2D eigenvalue weighted by atomic mass is 16.5. The highest BCUT2D eigenvalue weighted by Crippen LogP contribution is 2.31. The number of hydrogen-bond acceptors (Lipinski definition) is 5. The molecule has 0 aromatic carbocycles. The van der Waals surface area contributed by atoms with E-state index in [1.807, 2.05) is 20.8 Å². The first kappa shape index (κ1) is 15.6. The molecule has 1 rings (SSSR count). The van der Waals surface area contributed by atoms with Crippen molar-refractivity contribution < 1.29 is 19.2 Å². The number of ether oxygens (including phenoxy) is 1. The van der Waals surface area contributed by atoms with Gasteiger partial charge in [0.2, 0.25) is 11.7 Å². The first-order chi connectivity index (χ1) is 9.02. The van der Waals surface area contributed by atoms with Crippen LogP contribution in [0.2, 0.25) is 0 Å². The lowest BCUT2D eigenvalue weighted by atomic mass is 9.79. The molecule has 1 unspecified atom stereocenters. The van der Waals surface area contributed by atoms with E-state index >= 15 is 0 Å². The second kappa shape index (κ2) is 6.65. The molecule has 1 aromatic rings. The van der Waals surface area contributed by atoms with Gasteiger partial charge in [0.15, 0.2) is 0 Å². The fourth-order valence-electron chi connectivity index (χ4n) is 2.09. The van der Waals surface area contributed by atoms with E-state index in [1.165, 1.54) is 0 Å². The Morgan fingerprint density at radius 2 is 2.05 bits per heavy atom. The molecule has 0 amide bonds. The molecule has 0 spiro atoms. The summed E-state index contributed by atoms with van der Waals surface area (Å²) in [6.45, 7) is 5.68. The van der Waals surface area contributed by atoms with Crippen molar-refractivity contribution in [2.75, 3.05) is 7.11 Å². The van der Waals surface area contributed by atoms with Gasteiger partial charge in [-0.05, 0) is 19.3 Å². The van der Waals surface area contributed by atoms with Crippen LogP contribution in [0.3, 0.4) is 0 Å². The molecule has 1 N–H and O–H groups in total. The molecule has 0 aliphatic carbocycles. The Bertz CT molecular complexity index is 409. The van der Waals surface area contributed by atoms with E-state index in [2.05, 4.69) is 10.1 Å². The fraction of sp³-hybridized carbons (Fsp3) is 0.769. The number of aromatic nitrogens is 2. The van der Waals surface area contributed by atoms with Crippen LogP contribution in [0.1, 0.15) is 57.9 Å². The largest absolute Gasteiger partial charge is 0.481 e. The topological polar surface area (TPSA) is 85.5 Å². The van der Waals surface area contributed by atoms with Crippen LogP contribution in [0.25, 0.3) is 0 Å². The van der Waals surface area contributed by atoms with Crippen LogP contribution < -0.4 is 0 Å². The second-order valence-corrected chi connectivity index (χ2v) is 4.65. The van der Waals surface area contributed by atoms with Crippen molar-refractivity contribution in [3.05, 3.63) is 11.7 Å². The predicted molar refractivity (Wildman–Crippen MR) is 68.7 cm³/mol. The molecule has 19 heavy (non-hydrogen) atoms. The predicted octanol–water partition coefficient (Wildman–Crippen LogP) is 2.60. The summed E-state index contributed by atoms with van der Waals surface area (Å²) in [6, 6.07) is 0. The SMILES string of the molecule is CCC(OC)c1noc(CC(CC)(CC)C(=O)O)n1. The molecule has 0 aliphatic heterocycles. The fourth-order valence-corrected chi connectivity index (χ4v) is 2.09. The van der Waals surface area contributed by atoms with Gasteiger partial charge in [-0.2, -0.15) is 4.98 Å². The van der Waals surface area contributed by atoms with Crippen LogP contribution in [0, 0.1) is 5.41 Å². The van der Waals surface area contributed by atoms with Crippen molar-refractivity contribution in [2.24, 2.45) is 5.41 Å². The normalized spacial score (nSPS) is 13.5. The average Bonchev–Trinajstić information content (AvgIpc) is 2.85. The van der Waals surface area contributed by atoms with Gasteiger partial charge < -0.3 is 14.4 Å². The van der Waals surface area contributed by atoms with Crippen LogP contribution in [0.5, 0.6) is 0 Å². The summed E-state index contributed by atoms with van der Waals surface area (Å²) in [5, 5.41) is 13.2. The zero-order valence-electron chi connectivity index (χ0n) is 12.0. The minimum Gasteiger partial charge on any atom is -0.481 e. The molecule has 0 radical (unpaired) electrons. The Labute approximate surface area is 113 Å². The molecule has 0 bridgehead atoms. The number of carbonyl (C=O) groups is 1. The third kappa shape index (κ3) is 3.32. The summed E-state index contributed by atoms with van der Waals surface area (Å²) in [4.78, 5) is 15.7. The summed E-state index contributed by atoms with van der Waals surface area (Å²) in [6.07, 6.45) is 1.83. The smallest absolute Gasteiger partial charge is 0.310 e. The molecular formula is C13H22N2O4. The number of carboxylic acid groups (broad SMARTS) is 1. The van der Waals surface area contributed by atoms with E-state index < -0.39 is 11.4 Å². The number of carboxylic acids is 1. The third-order valence-corrected chi connectivity index (χ3v) is 3.72. The average molecular weight is 270 g/mol. The molecule has 108 valence electrons. The first-order valence-corrected chi connectivity index (χ1v) is 6.61. The highest BCUT2D eigenvalue weighted by Gasteiger charge is 2.37. The minimum atomic E-state index is -0.835. The Hall–Kier alpha value is -1.43. The van der Waals surface area contributed by atoms with Gasteiger partial charge >= 0.3 is 5.97 Å². The lowest BCUT2D eigenvalue weighted by Gasteiger charge is -2.24. The van der Waals surface area contributed by atoms with E-state index in [4.69, 9.17) is 9.26 Å². The van der Waals surface area contributed by atoms with E-state index in [9.17, 15) is 9.90 Å². The Morgan fingerprint density at radius 1 is 1.42 bits per heavy atom. The van der Waals surface area contributed by atoms with Gasteiger partial charge in [-0.1, -0.05) is 25.9 Å². The summed E-state index contributed by atoms with van der Waals surface area (Å²) in [7, 11) is 1.59. The summed E-state index contributed by atoms with van der Waals surface area (Å²) >= 11 is 0. The maximum atomic E-state index is 11.4. The van der Waals surface area contributed by atoms with Gasteiger partial charge in [-0.25, -0.2) is 0 Å². The van der Waals surface area contributed by atoms with Crippen LogP contribution in [0.15, 0.2) is 4.52 Å². The van der Waals surface area contributed by atoms with Crippen molar-refractivity contribution in [3.63, 3.8) is 0 Å². The monoisotopic (exact) mass is 270 g/mol. The van der Waals surface area contributed by atoms with Crippen LogP contribution >= 0.6 is 0 Å². The standard InChI is InChI=1S/C13H22N2O4/c1-5-9(18-4)11-14-10(19-15-11)8-13(6-2,7-3)12(16)17/h9H,5-8H2,1-4H3,(H,16,17). The lowest BCUT2D eigenvalue weighted by molar-refractivity contribution is -0.149. The number of hydrogen-bond donors (Lipinski definition) is 1. The van der Waals surface area contributed by atoms with Crippen LogP contribution in [-0.4, -0.2) is 28.3 Å².